The van der Waals surface area contributed by atoms with E-state index < -0.39 is 5.97 Å². The predicted octanol–water partition coefficient (Wildman–Crippen LogP) is 6.30. The topological polar surface area (TPSA) is 92.2 Å². The molecule has 2 N–H and O–H groups in total. The lowest BCUT2D eigenvalue weighted by Gasteiger charge is -2.15. The zero-order valence-electron chi connectivity index (χ0n) is 20.0. The Hall–Kier alpha value is -3.84. The lowest BCUT2D eigenvalue weighted by atomic mass is 10.0. The summed E-state index contributed by atoms with van der Waals surface area (Å²) in [6.45, 7) is 0. The van der Waals surface area contributed by atoms with Crippen molar-refractivity contribution in [3.8, 4) is 11.3 Å². The van der Waals surface area contributed by atoms with E-state index in [1.54, 1.807) is 30.3 Å². The number of carbonyl (C=O) groups excluding carboxylic acids is 1. The largest absolute Gasteiger partial charge is 0.481 e. The Bertz CT molecular complexity index is 1490. The highest BCUT2D eigenvalue weighted by Gasteiger charge is 2.24. The number of halogens is 2. The molecule has 0 radical (unpaired) electrons. The second-order valence-corrected chi connectivity index (χ2v) is 9.67. The molecular formula is C29H25ClFN3O3. The molecule has 4 aromatic rings. The van der Waals surface area contributed by atoms with Crippen LogP contribution in [-0.4, -0.2) is 27.0 Å². The molecule has 1 atom stereocenters. The molecule has 0 spiro atoms. The van der Waals surface area contributed by atoms with Crippen molar-refractivity contribution in [3.63, 3.8) is 0 Å². The van der Waals surface area contributed by atoms with E-state index in [2.05, 4.69) is 5.32 Å². The van der Waals surface area contributed by atoms with E-state index in [0.717, 1.165) is 29.5 Å². The summed E-state index contributed by atoms with van der Waals surface area (Å²) in [7, 11) is 0. The molecule has 6 nitrogen and oxygen atoms in total. The number of carbonyl (C=O) groups is 2. The van der Waals surface area contributed by atoms with Crippen LogP contribution in [0, 0.1) is 5.82 Å². The number of nitrogens with one attached hydrogen (secondary N) is 1. The summed E-state index contributed by atoms with van der Waals surface area (Å²) in [5.41, 5.74) is 5.96. The number of carboxylic acid groups (broad SMARTS) is 1. The molecule has 1 amide bonds. The zero-order chi connectivity index (χ0) is 25.9. The quantitative estimate of drug-likeness (QED) is 0.267. The van der Waals surface area contributed by atoms with E-state index in [-0.39, 0.29) is 24.2 Å². The van der Waals surface area contributed by atoms with E-state index in [0.29, 0.717) is 52.3 Å². The number of benzene rings is 3. The van der Waals surface area contributed by atoms with Gasteiger partial charge in [0.05, 0.1) is 28.5 Å². The second-order valence-electron chi connectivity index (χ2n) is 9.24. The summed E-state index contributed by atoms with van der Waals surface area (Å²) in [6, 6.07) is 17.0. The molecule has 188 valence electrons. The van der Waals surface area contributed by atoms with Crippen molar-refractivity contribution in [2.24, 2.45) is 0 Å². The fourth-order valence-corrected chi connectivity index (χ4v) is 4.99. The number of carboxylic acids is 1. The Labute approximate surface area is 218 Å². The number of unbranched alkanes of at least 4 members (excludes halogenated alkanes) is 1. The molecule has 8 heteroatoms. The molecule has 0 bridgehead atoms. The van der Waals surface area contributed by atoms with Crippen molar-refractivity contribution in [2.45, 2.75) is 44.6 Å². The van der Waals surface area contributed by atoms with E-state index in [1.165, 1.54) is 12.1 Å². The van der Waals surface area contributed by atoms with Crippen molar-refractivity contribution >= 4 is 34.5 Å². The summed E-state index contributed by atoms with van der Waals surface area (Å²) in [5, 5.41) is 12.8. The average molecular weight is 518 g/mol. The first-order chi connectivity index (χ1) is 17.9. The maximum absolute atomic E-state index is 13.5. The second kappa shape index (κ2) is 10.6. The smallest absolute Gasteiger partial charge is 0.303 e. The predicted molar refractivity (Wildman–Crippen MR) is 140 cm³/mol. The van der Waals surface area contributed by atoms with Gasteiger partial charge in [-0.2, -0.15) is 0 Å². The number of nitrogens with zero attached hydrogens (tertiary/aromatic N) is 2. The normalized spacial score (nSPS) is 14.5. The van der Waals surface area contributed by atoms with Crippen LogP contribution < -0.4 is 5.32 Å². The molecule has 0 saturated heterocycles. The molecule has 0 saturated carbocycles. The van der Waals surface area contributed by atoms with Crippen LogP contribution in [0.15, 0.2) is 60.7 Å². The zero-order valence-corrected chi connectivity index (χ0v) is 20.8. The van der Waals surface area contributed by atoms with Gasteiger partial charge in [0.2, 0.25) is 0 Å². The van der Waals surface area contributed by atoms with Crippen molar-refractivity contribution < 1.29 is 19.1 Å². The Morgan fingerprint density at radius 3 is 2.59 bits per heavy atom. The first kappa shape index (κ1) is 24.8. The third-order valence-corrected chi connectivity index (χ3v) is 6.89. The van der Waals surface area contributed by atoms with E-state index >= 15 is 0 Å². The number of hydrogen-bond acceptors (Lipinski definition) is 4. The van der Waals surface area contributed by atoms with E-state index in [9.17, 15) is 14.0 Å². The van der Waals surface area contributed by atoms with Gasteiger partial charge in [0, 0.05) is 22.6 Å². The van der Waals surface area contributed by atoms with Crippen molar-refractivity contribution in [1.82, 2.24) is 15.3 Å². The van der Waals surface area contributed by atoms with Gasteiger partial charge in [-0.3, -0.25) is 9.59 Å². The first-order valence-corrected chi connectivity index (χ1v) is 12.6. The number of fused-ring (bicyclic) bond motifs is 2. The van der Waals surface area contributed by atoms with Crippen LogP contribution in [-0.2, 0) is 17.6 Å². The maximum atomic E-state index is 13.5. The van der Waals surface area contributed by atoms with Gasteiger partial charge in [-0.1, -0.05) is 17.7 Å². The number of aromatic nitrogens is 2. The molecule has 0 unspecified atom stereocenters. The van der Waals surface area contributed by atoms with Gasteiger partial charge >= 0.3 is 5.97 Å². The lowest BCUT2D eigenvalue weighted by molar-refractivity contribution is -0.137. The third-order valence-electron chi connectivity index (χ3n) is 6.66. The third kappa shape index (κ3) is 5.62. The number of rotatable bonds is 8. The number of aryl methyl sites for hydroxylation is 2. The van der Waals surface area contributed by atoms with Crippen LogP contribution in [0.3, 0.4) is 0 Å². The maximum Gasteiger partial charge on any atom is 0.303 e. The highest BCUT2D eigenvalue weighted by molar-refractivity contribution is 6.30. The SMILES string of the molecule is O=C(O)CCCCc1nc2cc(C(=O)N[C@H]3CCc4cc(Cl)ccc43)ccc2nc1-c1ccc(F)cc1. The fourth-order valence-electron chi connectivity index (χ4n) is 4.79. The Morgan fingerprint density at radius 1 is 1.00 bits per heavy atom. The van der Waals surface area contributed by atoms with Gasteiger partial charge in [-0.15, -0.1) is 0 Å². The monoisotopic (exact) mass is 517 g/mol. The highest BCUT2D eigenvalue weighted by atomic mass is 35.5. The van der Waals surface area contributed by atoms with Crippen LogP contribution in [0.25, 0.3) is 22.3 Å². The molecule has 1 heterocycles. The Kier molecular flexibility index (Phi) is 7.15. The molecule has 37 heavy (non-hydrogen) atoms. The minimum atomic E-state index is -0.841. The standard InChI is InChI=1S/C29H25ClFN3O3/c30-20-9-12-22-18(15-20)7-13-23(22)34-29(37)19-8-14-24-26(16-19)32-25(3-1-2-4-27(35)36)28(33-24)17-5-10-21(31)11-6-17/h5-6,8-12,14-16,23H,1-4,7,13H2,(H,34,37)(H,35,36)/t23-/m0/s1. The first-order valence-electron chi connectivity index (χ1n) is 12.2. The lowest BCUT2D eigenvalue weighted by Crippen LogP contribution is -2.27. The molecular weight excluding hydrogens is 493 g/mol. The molecule has 0 aliphatic heterocycles. The van der Waals surface area contributed by atoms with Gasteiger partial charge in [-0.25, -0.2) is 14.4 Å². The highest BCUT2D eigenvalue weighted by Crippen LogP contribution is 2.33. The minimum absolute atomic E-state index is 0.0767. The van der Waals surface area contributed by atoms with Gasteiger partial charge in [-0.05, 0) is 97.8 Å². The molecule has 1 aliphatic rings. The molecule has 3 aromatic carbocycles. The summed E-state index contributed by atoms with van der Waals surface area (Å²) in [4.78, 5) is 33.6. The Balaban J connectivity index is 1.42. The van der Waals surface area contributed by atoms with Crippen molar-refractivity contribution in [3.05, 3.63) is 93.9 Å². The fraction of sp³-hybridized carbons (Fsp3) is 0.241. The van der Waals surface area contributed by atoms with Crippen LogP contribution in [0.4, 0.5) is 4.39 Å². The summed E-state index contributed by atoms with van der Waals surface area (Å²) >= 11 is 6.11. The van der Waals surface area contributed by atoms with Crippen LogP contribution in [0.2, 0.25) is 5.02 Å². The summed E-state index contributed by atoms with van der Waals surface area (Å²) in [5.74, 6) is -1.38. The molecule has 5 rings (SSSR count). The van der Waals surface area contributed by atoms with Crippen molar-refractivity contribution in [2.75, 3.05) is 0 Å². The van der Waals surface area contributed by atoms with Gasteiger partial charge < -0.3 is 10.4 Å². The average Bonchev–Trinajstić information content (AvgIpc) is 3.27. The number of amides is 1. The van der Waals surface area contributed by atoms with Crippen molar-refractivity contribution in [1.29, 1.82) is 0 Å². The molecule has 0 fully saturated rings. The van der Waals surface area contributed by atoms with Crippen LogP contribution in [0.5, 0.6) is 0 Å². The summed E-state index contributed by atoms with van der Waals surface area (Å²) < 4.78 is 13.5. The minimum Gasteiger partial charge on any atom is -0.481 e. The van der Waals surface area contributed by atoms with E-state index in [4.69, 9.17) is 26.7 Å². The molecule has 1 aliphatic carbocycles. The summed E-state index contributed by atoms with van der Waals surface area (Å²) in [6.07, 6.45) is 3.40. The van der Waals surface area contributed by atoms with Crippen LogP contribution in [0.1, 0.15) is 58.9 Å². The number of aliphatic carboxylic acids is 1. The molecule has 1 aromatic heterocycles. The number of hydrogen-bond donors (Lipinski definition) is 2. The van der Waals surface area contributed by atoms with Gasteiger partial charge in [0.1, 0.15) is 5.82 Å². The van der Waals surface area contributed by atoms with E-state index in [1.807, 2.05) is 18.2 Å². The van der Waals surface area contributed by atoms with Gasteiger partial charge in [0.15, 0.2) is 0 Å². The Morgan fingerprint density at radius 2 is 1.81 bits per heavy atom. The van der Waals surface area contributed by atoms with Gasteiger partial charge in [0.25, 0.3) is 5.91 Å². The van der Waals surface area contributed by atoms with Crippen LogP contribution >= 0.6 is 11.6 Å².